The summed E-state index contributed by atoms with van der Waals surface area (Å²) in [7, 11) is 1.69. The van der Waals surface area contributed by atoms with E-state index in [0.29, 0.717) is 6.04 Å². The van der Waals surface area contributed by atoms with Gasteiger partial charge in [-0.15, -0.1) is 0 Å². The summed E-state index contributed by atoms with van der Waals surface area (Å²) in [6.07, 6.45) is 1.04. The molecular weight excluding hydrogens is 214 g/mol. The maximum atomic E-state index is 5.30. The van der Waals surface area contributed by atoms with Crippen molar-refractivity contribution in [3.8, 4) is 5.75 Å². The Morgan fingerprint density at radius 3 is 2.88 bits per heavy atom. The third kappa shape index (κ3) is 5.20. The van der Waals surface area contributed by atoms with Gasteiger partial charge >= 0.3 is 0 Å². The van der Waals surface area contributed by atoms with Gasteiger partial charge in [-0.2, -0.15) is 0 Å². The standard InChI is InChI=1S/C14H23NO2/c1-4-17-10-6-9-15-12(2)13-7-5-8-14(11-13)16-3/h5,7-8,11-12,15H,4,6,9-10H2,1-3H3/t12-/m1/s1. The van der Waals surface area contributed by atoms with Gasteiger partial charge in [0.15, 0.2) is 0 Å². The highest BCUT2D eigenvalue weighted by atomic mass is 16.5. The molecule has 17 heavy (non-hydrogen) atoms. The summed E-state index contributed by atoms with van der Waals surface area (Å²) in [5, 5.41) is 3.47. The van der Waals surface area contributed by atoms with Gasteiger partial charge in [0, 0.05) is 19.3 Å². The van der Waals surface area contributed by atoms with Gasteiger partial charge in [0.05, 0.1) is 7.11 Å². The Morgan fingerprint density at radius 2 is 2.18 bits per heavy atom. The van der Waals surface area contributed by atoms with Crippen molar-refractivity contribution in [2.75, 3.05) is 26.9 Å². The van der Waals surface area contributed by atoms with Crippen molar-refractivity contribution < 1.29 is 9.47 Å². The number of hydrogen-bond acceptors (Lipinski definition) is 3. The molecule has 1 rings (SSSR count). The van der Waals surface area contributed by atoms with E-state index in [1.807, 2.05) is 19.1 Å². The molecule has 3 heteroatoms. The predicted octanol–water partition coefficient (Wildman–Crippen LogP) is 2.77. The first-order valence-electron chi connectivity index (χ1n) is 6.23. The highest BCUT2D eigenvalue weighted by Crippen LogP contribution is 2.18. The third-order valence-corrected chi connectivity index (χ3v) is 2.71. The fourth-order valence-electron chi connectivity index (χ4n) is 1.67. The van der Waals surface area contributed by atoms with Crippen molar-refractivity contribution in [1.29, 1.82) is 0 Å². The minimum atomic E-state index is 0.340. The fraction of sp³-hybridized carbons (Fsp3) is 0.571. The van der Waals surface area contributed by atoms with Crippen LogP contribution in [0.1, 0.15) is 31.9 Å². The molecule has 0 saturated heterocycles. The Labute approximate surface area is 104 Å². The van der Waals surface area contributed by atoms with E-state index < -0.39 is 0 Å². The molecule has 3 nitrogen and oxygen atoms in total. The van der Waals surface area contributed by atoms with E-state index in [4.69, 9.17) is 9.47 Å². The van der Waals surface area contributed by atoms with Crippen LogP contribution in [0.5, 0.6) is 5.75 Å². The molecule has 0 amide bonds. The van der Waals surface area contributed by atoms with E-state index in [9.17, 15) is 0 Å². The van der Waals surface area contributed by atoms with Crippen LogP contribution in [-0.2, 0) is 4.74 Å². The zero-order valence-electron chi connectivity index (χ0n) is 11.0. The minimum Gasteiger partial charge on any atom is -0.497 e. The van der Waals surface area contributed by atoms with Crippen LogP contribution in [0.2, 0.25) is 0 Å². The van der Waals surface area contributed by atoms with Gasteiger partial charge in [0.25, 0.3) is 0 Å². The van der Waals surface area contributed by atoms with Crippen molar-refractivity contribution in [3.63, 3.8) is 0 Å². The Bertz CT molecular complexity index is 315. The van der Waals surface area contributed by atoms with E-state index in [2.05, 4.69) is 24.4 Å². The van der Waals surface area contributed by atoms with Crippen LogP contribution in [0.25, 0.3) is 0 Å². The van der Waals surface area contributed by atoms with E-state index in [0.717, 1.165) is 31.9 Å². The van der Waals surface area contributed by atoms with Crippen molar-refractivity contribution in [1.82, 2.24) is 5.32 Å². The van der Waals surface area contributed by atoms with E-state index in [-0.39, 0.29) is 0 Å². The smallest absolute Gasteiger partial charge is 0.119 e. The highest BCUT2D eigenvalue weighted by molar-refractivity contribution is 5.30. The molecule has 0 aliphatic rings. The molecule has 96 valence electrons. The summed E-state index contributed by atoms with van der Waals surface area (Å²) in [5.74, 6) is 0.908. The molecule has 1 atom stereocenters. The van der Waals surface area contributed by atoms with Gasteiger partial charge in [-0.05, 0) is 44.5 Å². The zero-order chi connectivity index (χ0) is 12.5. The van der Waals surface area contributed by atoms with Crippen LogP contribution < -0.4 is 10.1 Å². The maximum Gasteiger partial charge on any atom is 0.119 e. The summed E-state index contributed by atoms with van der Waals surface area (Å²) < 4.78 is 10.5. The summed E-state index contributed by atoms with van der Waals surface area (Å²) in [6.45, 7) is 6.78. The fourth-order valence-corrected chi connectivity index (χ4v) is 1.67. The van der Waals surface area contributed by atoms with E-state index in [1.54, 1.807) is 7.11 Å². The number of nitrogens with one attached hydrogen (secondary N) is 1. The van der Waals surface area contributed by atoms with E-state index in [1.165, 1.54) is 5.56 Å². The highest BCUT2D eigenvalue weighted by Gasteiger charge is 2.04. The zero-order valence-corrected chi connectivity index (χ0v) is 11.0. The Morgan fingerprint density at radius 1 is 1.35 bits per heavy atom. The van der Waals surface area contributed by atoms with Gasteiger partial charge < -0.3 is 14.8 Å². The molecule has 0 unspecified atom stereocenters. The second kappa shape index (κ2) is 8.09. The summed E-state index contributed by atoms with van der Waals surface area (Å²) in [5.41, 5.74) is 1.25. The summed E-state index contributed by atoms with van der Waals surface area (Å²) in [4.78, 5) is 0. The van der Waals surface area contributed by atoms with Gasteiger partial charge in [-0.3, -0.25) is 0 Å². The first-order chi connectivity index (χ1) is 8.27. The number of rotatable bonds is 8. The first kappa shape index (κ1) is 14.0. The summed E-state index contributed by atoms with van der Waals surface area (Å²) in [6, 6.07) is 8.51. The number of benzene rings is 1. The molecule has 0 fully saturated rings. The molecule has 0 heterocycles. The van der Waals surface area contributed by atoms with Crippen LogP contribution >= 0.6 is 0 Å². The molecule has 0 aliphatic heterocycles. The van der Waals surface area contributed by atoms with Crippen LogP contribution in [0.15, 0.2) is 24.3 Å². The molecular formula is C14H23NO2. The lowest BCUT2D eigenvalue weighted by Crippen LogP contribution is -2.21. The largest absolute Gasteiger partial charge is 0.497 e. The lowest BCUT2D eigenvalue weighted by atomic mass is 10.1. The summed E-state index contributed by atoms with van der Waals surface area (Å²) >= 11 is 0. The van der Waals surface area contributed by atoms with Crippen LogP contribution in [0.3, 0.4) is 0 Å². The molecule has 0 radical (unpaired) electrons. The van der Waals surface area contributed by atoms with Crippen molar-refractivity contribution in [3.05, 3.63) is 29.8 Å². The Kier molecular flexibility index (Phi) is 6.67. The molecule has 0 saturated carbocycles. The second-order valence-corrected chi connectivity index (χ2v) is 4.00. The predicted molar refractivity (Wildman–Crippen MR) is 70.5 cm³/mol. The average molecular weight is 237 g/mol. The minimum absolute atomic E-state index is 0.340. The molecule has 1 aromatic rings. The normalized spacial score (nSPS) is 12.4. The molecule has 0 aliphatic carbocycles. The average Bonchev–Trinajstić information content (AvgIpc) is 2.38. The lowest BCUT2D eigenvalue weighted by molar-refractivity contribution is 0.144. The molecule has 0 spiro atoms. The molecule has 1 N–H and O–H groups in total. The molecule has 1 aromatic carbocycles. The van der Waals surface area contributed by atoms with Crippen molar-refractivity contribution in [2.45, 2.75) is 26.3 Å². The van der Waals surface area contributed by atoms with Crippen molar-refractivity contribution >= 4 is 0 Å². The second-order valence-electron chi connectivity index (χ2n) is 4.00. The lowest BCUT2D eigenvalue weighted by Gasteiger charge is -2.15. The maximum absolute atomic E-state index is 5.30. The van der Waals surface area contributed by atoms with Gasteiger partial charge in [-0.25, -0.2) is 0 Å². The Balaban J connectivity index is 2.33. The number of methoxy groups -OCH3 is 1. The van der Waals surface area contributed by atoms with Crippen LogP contribution in [-0.4, -0.2) is 26.9 Å². The monoisotopic (exact) mass is 237 g/mol. The van der Waals surface area contributed by atoms with Crippen LogP contribution in [0, 0.1) is 0 Å². The number of ether oxygens (including phenoxy) is 2. The third-order valence-electron chi connectivity index (χ3n) is 2.71. The van der Waals surface area contributed by atoms with Gasteiger partial charge in [0.1, 0.15) is 5.75 Å². The molecule has 0 bridgehead atoms. The Hall–Kier alpha value is -1.06. The number of hydrogen-bond donors (Lipinski definition) is 1. The van der Waals surface area contributed by atoms with Crippen molar-refractivity contribution in [2.24, 2.45) is 0 Å². The SMILES string of the molecule is CCOCCCN[C@H](C)c1cccc(OC)c1. The first-order valence-corrected chi connectivity index (χ1v) is 6.23. The van der Waals surface area contributed by atoms with E-state index >= 15 is 0 Å². The quantitative estimate of drug-likeness (QED) is 0.705. The topological polar surface area (TPSA) is 30.5 Å². The molecule has 0 aromatic heterocycles. The van der Waals surface area contributed by atoms with Crippen LogP contribution in [0.4, 0.5) is 0 Å². The van der Waals surface area contributed by atoms with Gasteiger partial charge in [0.2, 0.25) is 0 Å². The van der Waals surface area contributed by atoms with Gasteiger partial charge in [-0.1, -0.05) is 12.1 Å².